The highest BCUT2D eigenvalue weighted by Gasteiger charge is 2.57. The maximum Gasteiger partial charge on any atom is 0.227 e. The Balaban J connectivity index is 1.45. The second-order valence-corrected chi connectivity index (χ2v) is 7.73. The van der Waals surface area contributed by atoms with Gasteiger partial charge in [0.25, 0.3) is 0 Å². The van der Waals surface area contributed by atoms with E-state index in [9.17, 15) is 14.7 Å². The van der Waals surface area contributed by atoms with Crippen LogP contribution < -0.4 is 0 Å². The van der Waals surface area contributed by atoms with Gasteiger partial charge in [-0.25, -0.2) is 0 Å². The number of aliphatic hydroxyl groups is 1. The number of hydrogen-bond acceptors (Lipinski definition) is 4. The van der Waals surface area contributed by atoms with Crippen LogP contribution in [0.15, 0.2) is 30.3 Å². The summed E-state index contributed by atoms with van der Waals surface area (Å²) in [6.07, 6.45) is 0.797. The molecular weight excluding hydrogens is 318 g/mol. The Labute approximate surface area is 148 Å². The fourth-order valence-corrected chi connectivity index (χ4v) is 4.66. The van der Waals surface area contributed by atoms with Crippen molar-refractivity contribution in [3.8, 4) is 0 Å². The molecule has 3 aliphatic heterocycles. The predicted molar refractivity (Wildman–Crippen MR) is 92.8 cm³/mol. The first-order valence-electron chi connectivity index (χ1n) is 8.99. The summed E-state index contributed by atoms with van der Waals surface area (Å²) in [4.78, 5) is 30.6. The van der Waals surface area contributed by atoms with Crippen LogP contribution in [0.2, 0.25) is 0 Å². The lowest BCUT2D eigenvalue weighted by Crippen LogP contribution is -2.79. The molecule has 3 saturated heterocycles. The van der Waals surface area contributed by atoms with Gasteiger partial charge in [0.05, 0.1) is 18.1 Å². The first-order chi connectivity index (χ1) is 12.0. The number of carbonyl (C=O) groups excluding carboxylic acids is 2. The van der Waals surface area contributed by atoms with Crippen molar-refractivity contribution >= 4 is 11.8 Å². The topological polar surface area (TPSA) is 64.1 Å². The Morgan fingerprint density at radius 3 is 2.48 bits per heavy atom. The molecule has 1 aromatic carbocycles. The van der Waals surface area contributed by atoms with E-state index in [4.69, 9.17) is 0 Å². The van der Waals surface area contributed by atoms with Gasteiger partial charge in [0.2, 0.25) is 11.8 Å². The average Bonchev–Trinajstić information content (AvgIpc) is 2.93. The lowest BCUT2D eigenvalue weighted by Gasteiger charge is -2.60. The minimum atomic E-state index is -0.331. The number of aliphatic hydroxyl groups excluding tert-OH is 1. The predicted octanol–water partition coefficient (Wildman–Crippen LogP) is 0.107. The molecule has 0 saturated carbocycles. The van der Waals surface area contributed by atoms with Crippen LogP contribution in [0.3, 0.4) is 0 Å². The van der Waals surface area contributed by atoms with Gasteiger partial charge < -0.3 is 14.9 Å². The molecule has 3 fully saturated rings. The summed E-state index contributed by atoms with van der Waals surface area (Å²) < 4.78 is 0. The van der Waals surface area contributed by atoms with Crippen LogP contribution in [-0.2, 0) is 16.0 Å². The molecule has 25 heavy (non-hydrogen) atoms. The van der Waals surface area contributed by atoms with Crippen LogP contribution in [0, 0.1) is 0 Å². The van der Waals surface area contributed by atoms with Gasteiger partial charge in [-0.3, -0.25) is 14.5 Å². The Bertz CT molecular complexity index is 672. The number of benzene rings is 1. The molecule has 0 bridgehead atoms. The average molecular weight is 343 g/mol. The zero-order valence-electron chi connectivity index (χ0n) is 14.6. The lowest BCUT2D eigenvalue weighted by atomic mass is 9.83. The quantitative estimate of drug-likeness (QED) is 0.828. The molecule has 2 unspecified atom stereocenters. The number of carbonyl (C=O) groups is 2. The Morgan fingerprint density at radius 1 is 1.12 bits per heavy atom. The van der Waals surface area contributed by atoms with Crippen LogP contribution >= 0.6 is 0 Å². The van der Waals surface area contributed by atoms with Crippen molar-refractivity contribution in [1.82, 2.24) is 14.7 Å². The first kappa shape index (κ1) is 16.5. The Hall–Kier alpha value is -1.92. The number of fused-ring (bicyclic) bond motifs is 2. The van der Waals surface area contributed by atoms with Gasteiger partial charge in [-0.1, -0.05) is 30.3 Å². The maximum absolute atomic E-state index is 12.6. The third kappa shape index (κ3) is 2.93. The molecular formula is C19H25N3O3. The second kappa shape index (κ2) is 6.11. The van der Waals surface area contributed by atoms with Crippen molar-refractivity contribution in [1.29, 1.82) is 0 Å². The molecule has 4 rings (SSSR count). The van der Waals surface area contributed by atoms with Crippen molar-refractivity contribution in [2.24, 2.45) is 0 Å². The van der Waals surface area contributed by atoms with Crippen LogP contribution in [-0.4, -0.2) is 82.0 Å². The number of hydrogen-bond donors (Lipinski definition) is 1. The molecule has 0 aromatic heterocycles. The fourth-order valence-electron chi connectivity index (χ4n) is 4.66. The van der Waals surface area contributed by atoms with E-state index >= 15 is 0 Å². The minimum absolute atomic E-state index is 0.0782. The molecule has 134 valence electrons. The van der Waals surface area contributed by atoms with Crippen molar-refractivity contribution in [2.45, 2.75) is 37.5 Å². The first-order valence-corrected chi connectivity index (χ1v) is 8.99. The van der Waals surface area contributed by atoms with Gasteiger partial charge in [0, 0.05) is 45.7 Å². The van der Waals surface area contributed by atoms with Crippen LogP contribution in [0.5, 0.6) is 0 Å². The van der Waals surface area contributed by atoms with Crippen molar-refractivity contribution in [2.75, 3.05) is 32.7 Å². The zero-order valence-corrected chi connectivity index (χ0v) is 14.6. The summed E-state index contributed by atoms with van der Waals surface area (Å²) in [5.74, 6) is 0.211. The molecule has 6 nitrogen and oxygen atoms in total. The molecule has 3 aliphatic rings. The maximum atomic E-state index is 12.6. The summed E-state index contributed by atoms with van der Waals surface area (Å²) in [7, 11) is 0. The zero-order chi connectivity index (χ0) is 17.6. The van der Waals surface area contributed by atoms with Crippen LogP contribution in [0.4, 0.5) is 0 Å². The molecule has 0 aliphatic carbocycles. The third-order valence-corrected chi connectivity index (χ3v) is 5.88. The molecule has 1 aromatic rings. The van der Waals surface area contributed by atoms with E-state index in [-0.39, 0.29) is 29.5 Å². The Kier molecular flexibility index (Phi) is 4.04. The highest BCUT2D eigenvalue weighted by molar-refractivity contribution is 5.80. The molecule has 1 spiro atoms. The van der Waals surface area contributed by atoms with Gasteiger partial charge in [-0.15, -0.1) is 0 Å². The summed E-state index contributed by atoms with van der Waals surface area (Å²) in [6, 6.07) is 9.99. The minimum Gasteiger partial charge on any atom is -0.392 e. The van der Waals surface area contributed by atoms with Gasteiger partial charge in [0.1, 0.15) is 0 Å². The van der Waals surface area contributed by atoms with Gasteiger partial charge >= 0.3 is 0 Å². The number of likely N-dealkylation sites (tertiary alicyclic amines) is 1. The largest absolute Gasteiger partial charge is 0.392 e. The summed E-state index contributed by atoms with van der Waals surface area (Å²) in [5.41, 5.74) is 0.843. The van der Waals surface area contributed by atoms with E-state index < -0.39 is 0 Å². The van der Waals surface area contributed by atoms with Crippen molar-refractivity contribution in [3.05, 3.63) is 35.9 Å². The molecule has 3 heterocycles. The highest BCUT2D eigenvalue weighted by atomic mass is 16.3. The van der Waals surface area contributed by atoms with E-state index in [0.717, 1.165) is 5.56 Å². The number of nitrogens with zero attached hydrogens (tertiary/aromatic N) is 3. The van der Waals surface area contributed by atoms with E-state index in [2.05, 4.69) is 4.90 Å². The lowest BCUT2D eigenvalue weighted by molar-refractivity contribution is -0.160. The van der Waals surface area contributed by atoms with Gasteiger partial charge in [-0.05, 0) is 12.0 Å². The number of rotatable bonds is 2. The molecule has 2 amide bonds. The second-order valence-electron chi connectivity index (χ2n) is 7.73. The molecule has 6 heteroatoms. The standard InChI is InChI=1S/C19H25N3O3/c1-14(23)20-9-16-8-17(24)10-22(16)19(11-20)12-21(13-19)18(25)7-15-5-3-2-4-6-15/h2-6,16-17,24H,7-13H2,1H3. The molecule has 1 N–H and O–H groups in total. The summed E-state index contributed by atoms with van der Waals surface area (Å²) in [5, 5.41) is 10.1. The van der Waals surface area contributed by atoms with Crippen LogP contribution in [0.1, 0.15) is 18.9 Å². The van der Waals surface area contributed by atoms with E-state index in [1.54, 1.807) is 6.92 Å². The summed E-state index contributed by atoms with van der Waals surface area (Å²) >= 11 is 0. The van der Waals surface area contributed by atoms with Crippen molar-refractivity contribution in [3.63, 3.8) is 0 Å². The SMILES string of the molecule is CC(=O)N1CC2CC(O)CN2C2(C1)CN(C(=O)Cc1ccccc1)C2. The van der Waals surface area contributed by atoms with E-state index in [1.165, 1.54) is 0 Å². The van der Waals surface area contributed by atoms with E-state index in [0.29, 0.717) is 45.6 Å². The highest BCUT2D eigenvalue weighted by Crippen LogP contribution is 2.39. The number of β-amino-alcohol motifs (C(OH)–C–C–N with tert-alkyl or cyclic N) is 1. The Morgan fingerprint density at radius 2 is 1.80 bits per heavy atom. The monoisotopic (exact) mass is 343 g/mol. The van der Waals surface area contributed by atoms with Gasteiger partial charge in [0.15, 0.2) is 0 Å². The van der Waals surface area contributed by atoms with Crippen LogP contribution in [0.25, 0.3) is 0 Å². The molecule has 0 radical (unpaired) electrons. The smallest absolute Gasteiger partial charge is 0.227 e. The summed E-state index contributed by atoms with van der Waals surface area (Å²) in [6.45, 7) is 4.88. The van der Waals surface area contributed by atoms with Gasteiger partial charge in [-0.2, -0.15) is 0 Å². The normalized spacial score (nSPS) is 27.9. The number of amides is 2. The molecule has 2 atom stereocenters. The fraction of sp³-hybridized carbons (Fsp3) is 0.579. The van der Waals surface area contributed by atoms with E-state index in [1.807, 2.05) is 40.1 Å². The number of piperazine rings is 1. The van der Waals surface area contributed by atoms with Crippen molar-refractivity contribution < 1.29 is 14.7 Å². The third-order valence-electron chi connectivity index (χ3n) is 5.88.